The summed E-state index contributed by atoms with van der Waals surface area (Å²) in [6, 6.07) is 5.38. The van der Waals surface area contributed by atoms with E-state index >= 15 is 0 Å². The van der Waals surface area contributed by atoms with E-state index in [1.165, 1.54) is 11.3 Å². The van der Waals surface area contributed by atoms with Gasteiger partial charge in [0.2, 0.25) is 0 Å². The highest BCUT2D eigenvalue weighted by Crippen LogP contribution is 2.38. The van der Waals surface area contributed by atoms with Crippen LogP contribution in [0.15, 0.2) is 23.1 Å². The van der Waals surface area contributed by atoms with Crippen LogP contribution in [0, 0.1) is 6.92 Å². The minimum absolute atomic E-state index is 0.471. The number of rotatable bonds is 1. The smallest absolute Gasteiger partial charge is 0.186 e. The number of hydrogen-bond acceptors (Lipinski definition) is 2. The Morgan fingerprint density at radius 2 is 2.21 bits per heavy atom. The fourth-order valence-corrected chi connectivity index (χ4v) is 3.16. The summed E-state index contributed by atoms with van der Waals surface area (Å²) in [4.78, 5) is 1.45. The van der Waals surface area contributed by atoms with Crippen LogP contribution < -0.4 is 0 Å². The highest BCUT2D eigenvalue weighted by molar-refractivity contribution is 7.79. The Morgan fingerprint density at radius 3 is 2.86 bits per heavy atom. The van der Waals surface area contributed by atoms with Gasteiger partial charge in [0, 0.05) is 4.88 Å². The number of halogens is 1. The predicted octanol–water partition coefficient (Wildman–Crippen LogP) is 3.40. The predicted molar refractivity (Wildman–Crippen MR) is 59.7 cm³/mol. The van der Waals surface area contributed by atoms with Crippen molar-refractivity contribution >= 4 is 34.0 Å². The lowest BCUT2D eigenvalue weighted by Gasteiger charge is -1.98. The molecule has 74 valence electrons. The maximum Gasteiger partial charge on any atom is 0.186 e. The third kappa shape index (κ3) is 1.59. The molecular weight excluding hydrogens is 240 g/mol. The van der Waals surface area contributed by atoms with Crippen LogP contribution in [0.3, 0.4) is 0 Å². The molecule has 0 fully saturated rings. The van der Waals surface area contributed by atoms with Gasteiger partial charge in [-0.3, -0.25) is 0 Å². The summed E-state index contributed by atoms with van der Waals surface area (Å²) in [5.41, 5.74) is 1.81. The second-order valence-electron chi connectivity index (χ2n) is 2.91. The molecule has 2 aliphatic rings. The molecule has 0 spiro atoms. The largest absolute Gasteiger partial charge is 0.302 e. The molecule has 0 bridgehead atoms. The minimum Gasteiger partial charge on any atom is -0.302 e. The van der Waals surface area contributed by atoms with E-state index in [-0.39, 0.29) is 0 Å². The van der Waals surface area contributed by atoms with Gasteiger partial charge in [-0.05, 0) is 30.2 Å². The van der Waals surface area contributed by atoms with Crippen LogP contribution in [0.25, 0.3) is 10.4 Å². The van der Waals surface area contributed by atoms with Gasteiger partial charge in [0.25, 0.3) is 0 Å². The highest BCUT2D eigenvalue weighted by Gasteiger charge is 2.16. The lowest BCUT2D eigenvalue weighted by Crippen LogP contribution is -1.86. The Bertz CT molecular complexity index is 478. The van der Waals surface area contributed by atoms with E-state index in [0.717, 1.165) is 16.0 Å². The van der Waals surface area contributed by atoms with Crippen molar-refractivity contribution in [2.75, 3.05) is 0 Å². The molecule has 0 saturated heterocycles. The summed E-state index contributed by atoms with van der Waals surface area (Å²) < 4.78 is 20.7. The van der Waals surface area contributed by atoms with Gasteiger partial charge in [0.15, 0.2) is 11.1 Å². The number of fused-ring (bicyclic) bond motifs is 1. The van der Waals surface area contributed by atoms with Crippen molar-refractivity contribution in [2.45, 2.75) is 11.8 Å². The van der Waals surface area contributed by atoms with E-state index < -0.39 is 11.1 Å². The molecule has 14 heavy (non-hydrogen) atoms. The van der Waals surface area contributed by atoms with Crippen LogP contribution in [-0.2, 0) is 11.1 Å². The Labute approximate surface area is 93.2 Å². The van der Waals surface area contributed by atoms with Gasteiger partial charge < -0.3 is 4.55 Å². The van der Waals surface area contributed by atoms with Crippen molar-refractivity contribution < 1.29 is 8.76 Å². The van der Waals surface area contributed by atoms with Crippen LogP contribution in [0.2, 0.25) is 4.34 Å². The molecule has 2 nitrogen and oxygen atoms in total. The van der Waals surface area contributed by atoms with Gasteiger partial charge in [0.05, 0.1) is 9.23 Å². The molecule has 0 aromatic carbocycles. The Kier molecular flexibility index (Phi) is 2.62. The SMILES string of the molecule is Cc1c(S(=O)O)cc2ccc(Cl)sc1-2. The minimum atomic E-state index is -1.92. The normalized spacial score (nSPS) is 13.4. The van der Waals surface area contributed by atoms with Gasteiger partial charge in [0.1, 0.15) is 0 Å². The third-order valence-electron chi connectivity index (χ3n) is 2.04. The van der Waals surface area contributed by atoms with Crippen molar-refractivity contribution in [3.05, 3.63) is 28.1 Å². The monoisotopic (exact) mass is 246 g/mol. The molecular formula is C9H7ClO2S2. The van der Waals surface area contributed by atoms with Crippen LogP contribution in [-0.4, -0.2) is 8.76 Å². The van der Waals surface area contributed by atoms with Crippen molar-refractivity contribution in [1.29, 1.82) is 0 Å². The molecule has 1 unspecified atom stereocenters. The van der Waals surface area contributed by atoms with E-state index in [0.29, 0.717) is 9.23 Å². The fourth-order valence-electron chi connectivity index (χ4n) is 1.37. The summed E-state index contributed by atoms with van der Waals surface area (Å²) in [6.45, 7) is 1.83. The lowest BCUT2D eigenvalue weighted by molar-refractivity contribution is 0.564. The summed E-state index contributed by atoms with van der Waals surface area (Å²) >= 11 is 5.37. The molecule has 1 N–H and O–H groups in total. The first-order chi connectivity index (χ1) is 6.59. The maximum absolute atomic E-state index is 11.0. The highest BCUT2D eigenvalue weighted by atomic mass is 35.5. The molecule has 5 heteroatoms. The first-order valence-corrected chi connectivity index (χ1v) is 6.19. The lowest BCUT2D eigenvalue weighted by atomic mass is 10.2. The zero-order chi connectivity index (χ0) is 10.3. The molecule has 1 heterocycles. The second kappa shape index (κ2) is 3.62. The molecule has 0 amide bonds. The first kappa shape index (κ1) is 10.1. The standard InChI is InChI=1S/C9H7ClO2S2/c1-5-7(14(11)12)4-6-2-3-8(10)13-9(5)6/h2-4H,1H3,(H,11,12). The van der Waals surface area contributed by atoms with Crippen LogP contribution in [0.1, 0.15) is 5.56 Å². The third-order valence-corrected chi connectivity index (χ3v) is 4.28. The Morgan fingerprint density at radius 1 is 1.50 bits per heavy atom. The maximum atomic E-state index is 11.0. The average molecular weight is 247 g/mol. The van der Waals surface area contributed by atoms with Crippen molar-refractivity contribution in [1.82, 2.24) is 0 Å². The molecule has 1 aliphatic heterocycles. The average Bonchev–Trinajstić information content (AvgIpc) is 2.44. The Balaban J connectivity index is 2.74. The van der Waals surface area contributed by atoms with Crippen molar-refractivity contribution in [3.63, 3.8) is 0 Å². The second-order valence-corrected chi connectivity index (χ2v) is 5.53. The van der Waals surface area contributed by atoms with Gasteiger partial charge in [-0.25, -0.2) is 4.21 Å². The van der Waals surface area contributed by atoms with E-state index in [4.69, 9.17) is 16.2 Å². The van der Waals surface area contributed by atoms with Gasteiger partial charge in [-0.15, -0.1) is 11.3 Å². The quantitative estimate of drug-likeness (QED) is 0.783. The molecule has 0 aromatic rings. The van der Waals surface area contributed by atoms with Crippen molar-refractivity contribution in [3.8, 4) is 10.4 Å². The van der Waals surface area contributed by atoms with Crippen LogP contribution in [0.4, 0.5) is 0 Å². The van der Waals surface area contributed by atoms with E-state index in [2.05, 4.69) is 0 Å². The molecule has 0 saturated carbocycles. The zero-order valence-corrected chi connectivity index (χ0v) is 9.67. The molecule has 0 aromatic heterocycles. The van der Waals surface area contributed by atoms with Gasteiger partial charge >= 0.3 is 0 Å². The molecule has 2 rings (SSSR count). The first-order valence-electron chi connectivity index (χ1n) is 3.89. The Hall–Kier alpha value is -0.420. The van der Waals surface area contributed by atoms with Gasteiger partial charge in [-0.1, -0.05) is 17.7 Å². The molecule has 0 radical (unpaired) electrons. The van der Waals surface area contributed by atoms with E-state index in [1.54, 1.807) is 12.1 Å². The summed E-state index contributed by atoms with van der Waals surface area (Å²) in [6.07, 6.45) is 0. The summed E-state index contributed by atoms with van der Waals surface area (Å²) in [7, 11) is 0. The molecule has 1 atom stereocenters. The van der Waals surface area contributed by atoms with Crippen molar-refractivity contribution in [2.24, 2.45) is 0 Å². The fraction of sp³-hybridized carbons (Fsp3) is 0.111. The number of hydrogen-bond donors (Lipinski definition) is 1. The van der Waals surface area contributed by atoms with Crippen LogP contribution in [0.5, 0.6) is 0 Å². The van der Waals surface area contributed by atoms with Gasteiger partial charge in [-0.2, -0.15) is 0 Å². The summed E-state index contributed by atoms with van der Waals surface area (Å²) in [5, 5.41) is 0. The zero-order valence-electron chi connectivity index (χ0n) is 7.28. The topological polar surface area (TPSA) is 37.3 Å². The van der Waals surface area contributed by atoms with Crippen LogP contribution >= 0.6 is 22.9 Å². The summed E-state index contributed by atoms with van der Waals surface area (Å²) in [5.74, 6) is 0. The molecule has 1 aliphatic carbocycles. The van der Waals surface area contributed by atoms with E-state index in [9.17, 15) is 4.21 Å². The van der Waals surface area contributed by atoms with E-state index in [1.807, 2.05) is 13.0 Å².